The third kappa shape index (κ3) is 44.9. The van der Waals surface area contributed by atoms with Gasteiger partial charge in [-0.25, -0.2) is 4.79 Å². The van der Waals surface area contributed by atoms with E-state index < -0.39 is 67.3 Å². The van der Waals surface area contributed by atoms with Gasteiger partial charge in [0.2, 0.25) is 0 Å². The van der Waals surface area contributed by atoms with Crippen molar-refractivity contribution < 1.29 is 58.2 Å². The molecular weight excluding hydrogens is 1020 g/mol. The number of ether oxygens (including phenoxy) is 5. The van der Waals surface area contributed by atoms with Crippen molar-refractivity contribution in [3.63, 3.8) is 0 Å². The van der Waals surface area contributed by atoms with Crippen LogP contribution in [0.1, 0.15) is 213 Å². The van der Waals surface area contributed by atoms with Crippen LogP contribution in [-0.2, 0) is 42.9 Å². The molecule has 0 bridgehead atoms. The second kappa shape index (κ2) is 55.2. The lowest BCUT2D eigenvalue weighted by molar-refractivity contribution is -0.301. The number of hydrogen-bond donors (Lipinski definition) is 3. The average molecular weight is 1130 g/mol. The third-order valence-electron chi connectivity index (χ3n) is 12.9. The molecule has 3 N–H and O–H groups in total. The first-order chi connectivity index (χ1) is 39.6. The van der Waals surface area contributed by atoms with E-state index in [1.54, 1.807) is 0 Å². The molecule has 1 saturated heterocycles. The van der Waals surface area contributed by atoms with Crippen LogP contribution < -0.4 is 0 Å². The fraction of sp³-hybridized carbons (Fsp3) is 0.594. The monoisotopic (exact) mass is 1130 g/mol. The highest BCUT2D eigenvalue weighted by atomic mass is 16.7. The fourth-order valence-electron chi connectivity index (χ4n) is 8.24. The molecule has 0 saturated carbocycles. The van der Waals surface area contributed by atoms with Gasteiger partial charge in [-0.1, -0.05) is 212 Å². The number of allylic oxidation sites excluding steroid dienone is 24. The Morgan fingerprint density at radius 3 is 1.26 bits per heavy atom. The van der Waals surface area contributed by atoms with Gasteiger partial charge < -0.3 is 39.0 Å². The molecule has 0 aliphatic carbocycles. The third-order valence-corrected chi connectivity index (χ3v) is 12.9. The summed E-state index contributed by atoms with van der Waals surface area (Å²) in [5.41, 5.74) is 0. The molecule has 1 aliphatic rings. The van der Waals surface area contributed by atoms with Gasteiger partial charge in [-0.15, -0.1) is 0 Å². The maximum absolute atomic E-state index is 13.2. The molecule has 0 amide bonds. The summed E-state index contributed by atoms with van der Waals surface area (Å²) in [5, 5.41) is 31.5. The van der Waals surface area contributed by atoms with E-state index in [1.807, 2.05) is 12.2 Å². The first-order valence-electron chi connectivity index (χ1n) is 30.8. The Labute approximate surface area is 489 Å². The summed E-state index contributed by atoms with van der Waals surface area (Å²) in [6.45, 7) is 5.64. The van der Waals surface area contributed by atoms with Crippen molar-refractivity contribution in [1.82, 2.24) is 0 Å². The Balaban J connectivity index is 2.77. The van der Waals surface area contributed by atoms with Crippen LogP contribution in [-0.4, -0.2) is 89.2 Å². The standard InChI is InChI=1S/C69H106O12/c1-4-7-10-13-16-19-22-25-28-30-31-33-35-37-40-43-46-49-52-55-61(70)77-58-60(79-62(71)56-53-50-47-44-41-39-36-32-29-26-23-20-17-14-11-8-5-2)59-78-69-67(65(74)64(73)66(81-69)68(75)76)80-63(72)57-54-51-48-45-42-38-34-27-24-21-18-15-12-9-6-3/h7,9-10,12,16-21,25-29,31,33-34,37,40,42,45-46,49,60,64-67,69,73-74H,4-6,8,11,13-15,22-24,30,32,35-36,38-39,41,43-44,47-48,50-59H2,1-3H3,(H,75,76)/b10-7-,12-9-,19-16-,20-17-,21-18-,28-25-,29-26-,33-31-,34-27-,40-37-,45-42-,49-46-. The Bertz CT molecular complexity index is 1960. The summed E-state index contributed by atoms with van der Waals surface area (Å²) in [7, 11) is 0. The number of carboxylic acid groups (broad SMARTS) is 1. The summed E-state index contributed by atoms with van der Waals surface area (Å²) in [5.74, 6) is -3.32. The normalized spacial score (nSPS) is 18.8. The summed E-state index contributed by atoms with van der Waals surface area (Å²) < 4.78 is 28.3. The zero-order valence-electron chi connectivity index (χ0n) is 50.0. The van der Waals surface area contributed by atoms with Gasteiger partial charge in [-0.2, -0.15) is 0 Å². The Morgan fingerprint density at radius 1 is 0.420 bits per heavy atom. The maximum Gasteiger partial charge on any atom is 0.335 e. The molecule has 0 aromatic rings. The highest BCUT2D eigenvalue weighted by Crippen LogP contribution is 2.26. The topological polar surface area (TPSA) is 175 Å². The molecule has 0 aromatic carbocycles. The lowest BCUT2D eigenvalue weighted by Crippen LogP contribution is -2.61. The molecule has 0 spiro atoms. The van der Waals surface area contributed by atoms with E-state index in [1.165, 1.54) is 19.3 Å². The number of carbonyl (C=O) groups is 4. The van der Waals surface area contributed by atoms with E-state index in [0.29, 0.717) is 32.1 Å². The van der Waals surface area contributed by atoms with Gasteiger partial charge in [-0.05, 0) is 128 Å². The van der Waals surface area contributed by atoms with Gasteiger partial charge >= 0.3 is 23.9 Å². The van der Waals surface area contributed by atoms with Crippen molar-refractivity contribution in [3.8, 4) is 0 Å². The minimum absolute atomic E-state index is 0.00809. The Kier molecular flexibility index (Phi) is 50.1. The average Bonchev–Trinajstić information content (AvgIpc) is 3.53. The van der Waals surface area contributed by atoms with E-state index in [0.717, 1.165) is 122 Å². The van der Waals surface area contributed by atoms with E-state index in [4.69, 9.17) is 23.7 Å². The zero-order valence-corrected chi connectivity index (χ0v) is 50.0. The Hall–Kier alpha value is -5.40. The maximum atomic E-state index is 13.2. The zero-order chi connectivity index (χ0) is 58.9. The first-order valence-corrected chi connectivity index (χ1v) is 30.8. The van der Waals surface area contributed by atoms with Gasteiger partial charge in [0.05, 0.1) is 6.61 Å². The van der Waals surface area contributed by atoms with Gasteiger partial charge in [0.15, 0.2) is 24.6 Å². The Morgan fingerprint density at radius 2 is 0.802 bits per heavy atom. The molecular formula is C69H106O12. The van der Waals surface area contributed by atoms with Gasteiger partial charge in [-0.3, -0.25) is 14.4 Å². The van der Waals surface area contributed by atoms with E-state index in [2.05, 4.69) is 154 Å². The molecule has 12 heteroatoms. The number of aliphatic hydroxyl groups is 2. The van der Waals surface area contributed by atoms with Crippen LogP contribution in [0.5, 0.6) is 0 Å². The van der Waals surface area contributed by atoms with Crippen LogP contribution in [0.4, 0.5) is 0 Å². The predicted molar refractivity (Wildman–Crippen MR) is 330 cm³/mol. The van der Waals surface area contributed by atoms with Crippen molar-refractivity contribution in [3.05, 3.63) is 146 Å². The van der Waals surface area contributed by atoms with Crippen LogP contribution in [0.15, 0.2) is 146 Å². The number of aliphatic carboxylic acids is 1. The first kappa shape index (κ1) is 73.6. The second-order valence-corrected chi connectivity index (χ2v) is 20.2. The van der Waals surface area contributed by atoms with Crippen LogP contribution >= 0.6 is 0 Å². The van der Waals surface area contributed by atoms with Crippen LogP contribution in [0.25, 0.3) is 0 Å². The molecule has 81 heavy (non-hydrogen) atoms. The molecule has 1 rings (SSSR count). The SMILES string of the molecule is CC/C=C\C/C=C\C/C=C\C/C=C\C/C=C\C/C=C\CCC(=O)OCC(COC1OC(C(=O)O)C(O)C(O)C1OC(=O)CCCC/C=C\C/C=C\C/C=C\C/C=C\CC)OC(=O)CCCCCCCCC/C=C\C/C=C\CCCCC. The number of rotatable bonds is 50. The van der Waals surface area contributed by atoms with Crippen LogP contribution in [0.2, 0.25) is 0 Å². The van der Waals surface area contributed by atoms with E-state index in [9.17, 15) is 34.5 Å². The highest BCUT2D eigenvalue weighted by molar-refractivity contribution is 5.74. The van der Waals surface area contributed by atoms with Crippen LogP contribution in [0.3, 0.4) is 0 Å². The summed E-state index contributed by atoms with van der Waals surface area (Å²) in [6.07, 6.45) is 66.8. The molecule has 454 valence electrons. The smallest absolute Gasteiger partial charge is 0.335 e. The number of hydrogen-bond acceptors (Lipinski definition) is 11. The van der Waals surface area contributed by atoms with Gasteiger partial charge in [0.1, 0.15) is 18.8 Å². The minimum Gasteiger partial charge on any atom is -0.479 e. The summed E-state index contributed by atoms with van der Waals surface area (Å²) in [4.78, 5) is 51.2. The summed E-state index contributed by atoms with van der Waals surface area (Å²) >= 11 is 0. The lowest BCUT2D eigenvalue weighted by atomic mass is 9.98. The van der Waals surface area contributed by atoms with Crippen molar-refractivity contribution in [2.45, 2.75) is 250 Å². The number of unbranched alkanes of at least 4 members (excludes halogenated alkanes) is 12. The van der Waals surface area contributed by atoms with Crippen molar-refractivity contribution in [2.24, 2.45) is 0 Å². The molecule has 12 nitrogen and oxygen atoms in total. The van der Waals surface area contributed by atoms with E-state index >= 15 is 0 Å². The molecule has 1 heterocycles. The van der Waals surface area contributed by atoms with Crippen LogP contribution in [0, 0.1) is 0 Å². The molecule has 0 aromatic heterocycles. The number of aliphatic hydroxyl groups excluding tert-OH is 2. The highest BCUT2D eigenvalue weighted by Gasteiger charge is 2.50. The van der Waals surface area contributed by atoms with Crippen molar-refractivity contribution >= 4 is 23.9 Å². The number of carboxylic acids is 1. The minimum atomic E-state index is -1.94. The molecule has 1 fully saturated rings. The van der Waals surface area contributed by atoms with Crippen molar-refractivity contribution in [1.29, 1.82) is 0 Å². The van der Waals surface area contributed by atoms with Gasteiger partial charge in [0.25, 0.3) is 0 Å². The quantitative estimate of drug-likeness (QED) is 0.0228. The second-order valence-electron chi connectivity index (χ2n) is 20.2. The van der Waals surface area contributed by atoms with Gasteiger partial charge in [0, 0.05) is 19.3 Å². The fourth-order valence-corrected chi connectivity index (χ4v) is 8.24. The number of esters is 3. The van der Waals surface area contributed by atoms with Crippen molar-refractivity contribution in [2.75, 3.05) is 13.2 Å². The molecule has 1 aliphatic heterocycles. The molecule has 6 atom stereocenters. The molecule has 6 unspecified atom stereocenters. The summed E-state index contributed by atoms with van der Waals surface area (Å²) in [6, 6.07) is 0. The van der Waals surface area contributed by atoms with E-state index in [-0.39, 0.29) is 25.9 Å². The lowest BCUT2D eigenvalue weighted by Gasteiger charge is -2.40. The largest absolute Gasteiger partial charge is 0.479 e. The predicted octanol–water partition coefficient (Wildman–Crippen LogP) is 16.3. The molecule has 0 radical (unpaired) electrons. The number of carbonyl (C=O) groups excluding carboxylic acids is 3.